The maximum absolute atomic E-state index is 12.9. The highest BCUT2D eigenvalue weighted by Gasteiger charge is 2.39. The number of piperazine rings is 1. The Labute approximate surface area is 171 Å². The van der Waals surface area contributed by atoms with Crippen LogP contribution < -0.4 is 10.6 Å². The molecule has 2 fully saturated rings. The number of benzene rings is 1. The van der Waals surface area contributed by atoms with Gasteiger partial charge in [-0.2, -0.15) is 13.2 Å². The normalized spacial score (nSPS) is 25.4. The molecule has 162 valence electrons. The van der Waals surface area contributed by atoms with Gasteiger partial charge in [0.25, 0.3) is 5.91 Å². The third-order valence-electron chi connectivity index (χ3n) is 5.91. The third kappa shape index (κ3) is 4.34. The number of hydrogen-bond donors (Lipinski definition) is 2. The highest BCUT2D eigenvalue weighted by molar-refractivity contribution is 6.05. The molecule has 0 aliphatic carbocycles. The summed E-state index contributed by atoms with van der Waals surface area (Å²) in [7, 11) is 0. The van der Waals surface area contributed by atoms with Crippen LogP contribution in [0.25, 0.3) is 0 Å². The smallest absolute Gasteiger partial charge is 0.322 e. The highest BCUT2D eigenvalue weighted by Crippen LogP contribution is 2.30. The molecule has 0 aromatic heterocycles. The summed E-state index contributed by atoms with van der Waals surface area (Å²) in [4.78, 5) is 39.5. The fourth-order valence-corrected chi connectivity index (χ4v) is 4.44. The number of imide groups is 1. The lowest BCUT2D eigenvalue weighted by Gasteiger charge is -2.36. The zero-order chi connectivity index (χ0) is 21.5. The molecule has 0 radical (unpaired) electrons. The minimum atomic E-state index is -4.23. The molecule has 3 heterocycles. The molecule has 30 heavy (non-hydrogen) atoms. The summed E-state index contributed by atoms with van der Waals surface area (Å²) < 4.78 is 38.7. The van der Waals surface area contributed by atoms with E-state index in [1.165, 1.54) is 4.90 Å². The molecule has 0 spiro atoms. The number of fused-ring (bicyclic) bond motifs is 1. The SMILES string of the molecule is O=C1CCC(N2Cc3cc(CN4CCNCC4CC(F)(F)F)ccc3C2=O)C(=O)N1. The Morgan fingerprint density at radius 1 is 1.17 bits per heavy atom. The second-order valence-electron chi connectivity index (χ2n) is 8.04. The largest absolute Gasteiger partial charge is 0.390 e. The van der Waals surface area contributed by atoms with E-state index in [0.29, 0.717) is 25.2 Å². The number of carbonyl (C=O) groups is 3. The molecule has 0 bridgehead atoms. The summed E-state index contributed by atoms with van der Waals surface area (Å²) in [5.74, 6) is -1.07. The van der Waals surface area contributed by atoms with E-state index in [1.54, 1.807) is 12.1 Å². The number of carbonyl (C=O) groups excluding carboxylic acids is 3. The van der Waals surface area contributed by atoms with E-state index in [1.807, 2.05) is 11.0 Å². The van der Waals surface area contributed by atoms with Gasteiger partial charge < -0.3 is 10.2 Å². The standard InChI is InChI=1S/C20H23F3N4O3/c21-20(22,23)8-14-9-24-5-6-26(14)10-12-1-2-15-13(7-12)11-27(19(15)30)16-3-4-17(28)25-18(16)29/h1-2,7,14,16,24H,3-6,8-11H2,(H,25,28,29). The van der Waals surface area contributed by atoms with Crippen LogP contribution in [-0.4, -0.2) is 65.4 Å². The molecular weight excluding hydrogens is 401 g/mol. The van der Waals surface area contributed by atoms with Gasteiger partial charge in [-0.05, 0) is 23.6 Å². The van der Waals surface area contributed by atoms with Crippen LogP contribution in [0, 0.1) is 0 Å². The molecule has 2 N–H and O–H groups in total. The fraction of sp³-hybridized carbons (Fsp3) is 0.550. The Bertz CT molecular complexity index is 873. The number of nitrogens with one attached hydrogen (secondary N) is 2. The molecule has 3 aliphatic heterocycles. The number of alkyl halides is 3. The van der Waals surface area contributed by atoms with Crippen LogP contribution in [0.3, 0.4) is 0 Å². The predicted octanol–water partition coefficient (Wildman–Crippen LogP) is 1.17. The molecule has 4 rings (SSSR count). The molecule has 0 saturated carbocycles. The molecule has 3 amide bonds. The monoisotopic (exact) mass is 424 g/mol. The molecule has 3 aliphatic rings. The summed E-state index contributed by atoms with van der Waals surface area (Å²) in [5, 5.41) is 5.28. The lowest BCUT2D eigenvalue weighted by Crippen LogP contribution is -2.52. The summed E-state index contributed by atoms with van der Waals surface area (Å²) in [6.07, 6.45) is -4.62. The van der Waals surface area contributed by atoms with Gasteiger partial charge in [-0.15, -0.1) is 0 Å². The van der Waals surface area contributed by atoms with Crippen molar-refractivity contribution < 1.29 is 27.6 Å². The summed E-state index contributed by atoms with van der Waals surface area (Å²) >= 11 is 0. The number of hydrogen-bond acceptors (Lipinski definition) is 5. The number of amides is 3. The van der Waals surface area contributed by atoms with E-state index in [0.717, 1.165) is 11.1 Å². The zero-order valence-corrected chi connectivity index (χ0v) is 16.3. The first-order chi connectivity index (χ1) is 14.2. The summed E-state index contributed by atoms with van der Waals surface area (Å²) in [5.41, 5.74) is 2.08. The Balaban J connectivity index is 1.47. The van der Waals surface area contributed by atoms with E-state index >= 15 is 0 Å². The molecule has 2 atom stereocenters. The van der Waals surface area contributed by atoms with Gasteiger partial charge in [0.1, 0.15) is 6.04 Å². The first-order valence-electron chi connectivity index (χ1n) is 9.99. The van der Waals surface area contributed by atoms with Gasteiger partial charge in [0.2, 0.25) is 11.8 Å². The molecule has 10 heteroatoms. The second kappa shape index (κ2) is 7.99. The Morgan fingerprint density at radius 3 is 2.70 bits per heavy atom. The van der Waals surface area contributed by atoms with Crippen molar-refractivity contribution in [2.24, 2.45) is 0 Å². The minimum absolute atomic E-state index is 0.186. The van der Waals surface area contributed by atoms with Gasteiger partial charge >= 0.3 is 6.18 Å². The molecular formula is C20H23F3N4O3. The zero-order valence-electron chi connectivity index (χ0n) is 16.3. The predicted molar refractivity (Wildman–Crippen MR) is 100 cm³/mol. The highest BCUT2D eigenvalue weighted by atomic mass is 19.4. The van der Waals surface area contributed by atoms with Crippen molar-refractivity contribution in [3.05, 3.63) is 34.9 Å². The van der Waals surface area contributed by atoms with Crippen molar-refractivity contribution in [2.45, 2.75) is 50.6 Å². The van der Waals surface area contributed by atoms with Crippen LogP contribution in [0.1, 0.15) is 40.7 Å². The van der Waals surface area contributed by atoms with Crippen LogP contribution >= 0.6 is 0 Å². The van der Waals surface area contributed by atoms with Gasteiger partial charge in [-0.1, -0.05) is 12.1 Å². The molecule has 7 nitrogen and oxygen atoms in total. The number of rotatable bonds is 4. The average molecular weight is 424 g/mol. The molecule has 2 unspecified atom stereocenters. The van der Waals surface area contributed by atoms with Crippen LogP contribution in [0.2, 0.25) is 0 Å². The Hall–Kier alpha value is -2.46. The molecule has 1 aromatic carbocycles. The van der Waals surface area contributed by atoms with Crippen molar-refractivity contribution in [2.75, 3.05) is 19.6 Å². The first-order valence-corrected chi connectivity index (χ1v) is 9.99. The Morgan fingerprint density at radius 2 is 1.97 bits per heavy atom. The van der Waals surface area contributed by atoms with Crippen molar-refractivity contribution in [1.82, 2.24) is 20.4 Å². The van der Waals surface area contributed by atoms with E-state index < -0.39 is 30.6 Å². The first kappa shape index (κ1) is 20.8. The van der Waals surface area contributed by atoms with Crippen LogP contribution in [-0.2, 0) is 22.7 Å². The number of nitrogens with zero attached hydrogens (tertiary/aromatic N) is 2. The van der Waals surface area contributed by atoms with Crippen molar-refractivity contribution >= 4 is 17.7 Å². The lowest BCUT2D eigenvalue weighted by molar-refractivity contribution is -0.149. The van der Waals surface area contributed by atoms with Crippen molar-refractivity contribution in [3.8, 4) is 0 Å². The van der Waals surface area contributed by atoms with Gasteiger partial charge in [0, 0.05) is 50.7 Å². The van der Waals surface area contributed by atoms with Gasteiger partial charge in [-0.25, -0.2) is 0 Å². The Kier molecular flexibility index (Phi) is 5.54. The van der Waals surface area contributed by atoms with Crippen molar-refractivity contribution in [1.29, 1.82) is 0 Å². The second-order valence-corrected chi connectivity index (χ2v) is 8.04. The van der Waals surface area contributed by atoms with E-state index in [4.69, 9.17) is 0 Å². The number of halogens is 3. The van der Waals surface area contributed by atoms with Crippen molar-refractivity contribution in [3.63, 3.8) is 0 Å². The van der Waals surface area contributed by atoms with Gasteiger partial charge in [0.05, 0.1) is 6.42 Å². The number of piperidine rings is 1. The topological polar surface area (TPSA) is 81.8 Å². The maximum atomic E-state index is 12.9. The van der Waals surface area contributed by atoms with Crippen LogP contribution in [0.15, 0.2) is 18.2 Å². The molecule has 1 aromatic rings. The van der Waals surface area contributed by atoms with E-state index in [9.17, 15) is 27.6 Å². The quantitative estimate of drug-likeness (QED) is 0.710. The fourth-order valence-electron chi connectivity index (χ4n) is 4.44. The average Bonchev–Trinajstić information content (AvgIpc) is 2.98. The summed E-state index contributed by atoms with van der Waals surface area (Å²) in [6, 6.07) is 3.97. The lowest BCUT2D eigenvalue weighted by atomic mass is 10.0. The van der Waals surface area contributed by atoms with Gasteiger partial charge in [-0.3, -0.25) is 24.6 Å². The van der Waals surface area contributed by atoms with E-state index in [-0.39, 0.29) is 37.7 Å². The van der Waals surface area contributed by atoms with Crippen LogP contribution in [0.4, 0.5) is 13.2 Å². The van der Waals surface area contributed by atoms with Crippen LogP contribution in [0.5, 0.6) is 0 Å². The third-order valence-corrected chi connectivity index (χ3v) is 5.91. The summed E-state index contributed by atoms with van der Waals surface area (Å²) in [6.45, 7) is 2.04. The van der Waals surface area contributed by atoms with Gasteiger partial charge in [0.15, 0.2) is 0 Å². The minimum Gasteiger partial charge on any atom is -0.322 e. The molecule has 2 saturated heterocycles. The maximum Gasteiger partial charge on any atom is 0.390 e. The van der Waals surface area contributed by atoms with E-state index in [2.05, 4.69) is 10.6 Å².